The lowest BCUT2D eigenvalue weighted by Crippen LogP contribution is -2.17. The molecule has 3 nitrogen and oxygen atoms in total. The van der Waals surface area contributed by atoms with Gasteiger partial charge in [-0.1, -0.05) is 19.9 Å². The molecule has 0 unspecified atom stereocenters. The third-order valence-corrected chi connectivity index (χ3v) is 2.57. The number of hydrogen-bond acceptors (Lipinski definition) is 3. The van der Waals surface area contributed by atoms with E-state index in [2.05, 4.69) is 19.2 Å². The summed E-state index contributed by atoms with van der Waals surface area (Å²) in [6, 6.07) is 6.45. The predicted octanol–water partition coefficient (Wildman–Crippen LogP) is 2.85. The molecular weight excluding hydrogens is 243 g/mol. The van der Waals surface area contributed by atoms with Gasteiger partial charge in [-0.15, -0.1) is 0 Å². The second kappa shape index (κ2) is 8.63. The highest BCUT2D eigenvalue weighted by Gasteiger charge is 2.02. The first-order valence-corrected chi connectivity index (χ1v) is 6.60. The highest BCUT2D eigenvalue weighted by atomic mass is 19.1. The van der Waals surface area contributed by atoms with Crippen LogP contribution in [0.4, 0.5) is 4.39 Å². The minimum absolute atomic E-state index is 0.0968. The molecule has 0 aliphatic carbocycles. The molecule has 1 rings (SSSR count). The summed E-state index contributed by atoms with van der Waals surface area (Å²) < 4.78 is 18.6. The van der Waals surface area contributed by atoms with Crippen LogP contribution >= 0.6 is 0 Å². The first-order valence-electron chi connectivity index (χ1n) is 6.60. The molecule has 0 spiro atoms. The van der Waals surface area contributed by atoms with E-state index in [1.165, 1.54) is 6.07 Å². The molecule has 0 saturated carbocycles. The van der Waals surface area contributed by atoms with Gasteiger partial charge in [-0.25, -0.2) is 4.39 Å². The molecular formula is C15H21FN2O. The quantitative estimate of drug-likeness (QED) is 0.734. The van der Waals surface area contributed by atoms with Gasteiger partial charge < -0.3 is 10.1 Å². The fraction of sp³-hybridized carbons (Fsp3) is 0.533. The van der Waals surface area contributed by atoms with Crippen molar-refractivity contribution < 1.29 is 9.13 Å². The van der Waals surface area contributed by atoms with Crippen LogP contribution in [0, 0.1) is 23.1 Å². The van der Waals surface area contributed by atoms with Gasteiger partial charge in [-0.3, -0.25) is 0 Å². The first kappa shape index (κ1) is 15.6. The van der Waals surface area contributed by atoms with E-state index in [9.17, 15) is 4.39 Å². The number of benzene rings is 1. The summed E-state index contributed by atoms with van der Waals surface area (Å²) in [5.74, 6) is 0.102. The fourth-order valence-corrected chi connectivity index (χ4v) is 1.62. The normalized spacial score (nSPS) is 10.7. The fourth-order valence-electron chi connectivity index (χ4n) is 1.62. The van der Waals surface area contributed by atoms with E-state index in [-0.39, 0.29) is 5.56 Å². The number of hydrogen-bond donors (Lipinski definition) is 1. The van der Waals surface area contributed by atoms with Gasteiger partial charge in [0.15, 0.2) is 0 Å². The number of ether oxygens (including phenoxy) is 1. The van der Waals surface area contributed by atoms with Crippen LogP contribution in [0.3, 0.4) is 0 Å². The molecule has 1 aromatic rings. The minimum atomic E-state index is -0.465. The molecule has 0 bridgehead atoms. The molecule has 1 aromatic carbocycles. The molecule has 0 saturated heterocycles. The third-order valence-electron chi connectivity index (χ3n) is 2.57. The summed E-state index contributed by atoms with van der Waals surface area (Å²) >= 11 is 0. The maximum absolute atomic E-state index is 13.1. The largest absolute Gasteiger partial charge is 0.381 e. The SMILES string of the molecule is CC(C)COCCCNCc1ccc(F)c(C#N)c1. The lowest BCUT2D eigenvalue weighted by molar-refractivity contribution is 0.108. The van der Waals surface area contributed by atoms with Crippen LogP contribution in [-0.2, 0) is 11.3 Å². The standard InChI is InChI=1S/C15H21FN2O/c1-12(2)11-19-7-3-6-18-10-13-4-5-15(16)14(8-13)9-17/h4-5,8,12,18H,3,6-7,10-11H2,1-2H3. The summed E-state index contributed by atoms with van der Waals surface area (Å²) in [5, 5.41) is 12.0. The maximum atomic E-state index is 13.1. The number of nitriles is 1. The molecule has 0 radical (unpaired) electrons. The van der Waals surface area contributed by atoms with Crippen molar-refractivity contribution in [1.82, 2.24) is 5.32 Å². The first-order chi connectivity index (χ1) is 9.13. The van der Waals surface area contributed by atoms with Crippen molar-refractivity contribution in [1.29, 1.82) is 5.26 Å². The predicted molar refractivity (Wildman–Crippen MR) is 73.1 cm³/mol. The van der Waals surface area contributed by atoms with Gasteiger partial charge in [0.05, 0.1) is 5.56 Å². The summed E-state index contributed by atoms with van der Waals surface area (Å²) in [4.78, 5) is 0. The summed E-state index contributed by atoms with van der Waals surface area (Å²) in [6.45, 7) is 7.27. The summed E-state index contributed by atoms with van der Waals surface area (Å²) in [7, 11) is 0. The number of nitrogens with one attached hydrogen (secondary N) is 1. The van der Waals surface area contributed by atoms with Crippen molar-refractivity contribution >= 4 is 0 Å². The van der Waals surface area contributed by atoms with Gasteiger partial charge in [0.2, 0.25) is 0 Å². The van der Waals surface area contributed by atoms with Gasteiger partial charge in [-0.2, -0.15) is 5.26 Å². The van der Waals surface area contributed by atoms with E-state index in [0.29, 0.717) is 12.5 Å². The molecule has 4 heteroatoms. The highest BCUT2D eigenvalue weighted by Crippen LogP contribution is 2.09. The molecule has 0 atom stereocenters. The van der Waals surface area contributed by atoms with E-state index in [0.717, 1.165) is 31.7 Å². The Morgan fingerprint density at radius 3 is 2.89 bits per heavy atom. The molecule has 0 aliphatic heterocycles. The molecule has 0 heterocycles. The second-order valence-corrected chi connectivity index (χ2v) is 4.93. The molecule has 1 N–H and O–H groups in total. The average Bonchev–Trinajstić information content (AvgIpc) is 2.39. The van der Waals surface area contributed by atoms with Crippen LogP contribution in [-0.4, -0.2) is 19.8 Å². The summed E-state index contributed by atoms with van der Waals surface area (Å²) in [6.07, 6.45) is 0.943. The summed E-state index contributed by atoms with van der Waals surface area (Å²) in [5.41, 5.74) is 1.01. The van der Waals surface area contributed by atoms with Crippen molar-refractivity contribution in [3.05, 3.63) is 35.1 Å². The van der Waals surface area contributed by atoms with Crippen molar-refractivity contribution in [2.75, 3.05) is 19.8 Å². The Balaban J connectivity index is 2.18. The average molecular weight is 264 g/mol. The minimum Gasteiger partial charge on any atom is -0.381 e. The van der Waals surface area contributed by atoms with Crippen LogP contribution in [0.1, 0.15) is 31.4 Å². The van der Waals surface area contributed by atoms with Crippen LogP contribution in [0.5, 0.6) is 0 Å². The van der Waals surface area contributed by atoms with Crippen molar-refractivity contribution in [3.8, 4) is 6.07 Å². The van der Waals surface area contributed by atoms with Gasteiger partial charge in [0.1, 0.15) is 11.9 Å². The van der Waals surface area contributed by atoms with E-state index in [1.807, 2.05) is 6.07 Å². The zero-order valence-corrected chi connectivity index (χ0v) is 11.6. The van der Waals surface area contributed by atoms with Crippen molar-refractivity contribution in [3.63, 3.8) is 0 Å². The van der Waals surface area contributed by atoms with Crippen LogP contribution < -0.4 is 5.32 Å². The van der Waals surface area contributed by atoms with Gasteiger partial charge in [0.25, 0.3) is 0 Å². The molecule has 19 heavy (non-hydrogen) atoms. The third kappa shape index (κ3) is 6.32. The molecule has 0 amide bonds. The van der Waals surface area contributed by atoms with Crippen molar-refractivity contribution in [2.24, 2.45) is 5.92 Å². The Labute approximate surface area is 114 Å². The van der Waals surface area contributed by atoms with Gasteiger partial charge in [-0.05, 0) is 36.6 Å². The van der Waals surface area contributed by atoms with Crippen molar-refractivity contribution in [2.45, 2.75) is 26.8 Å². The Hall–Kier alpha value is -1.44. The Morgan fingerprint density at radius 1 is 1.42 bits per heavy atom. The Morgan fingerprint density at radius 2 is 2.21 bits per heavy atom. The molecule has 104 valence electrons. The lowest BCUT2D eigenvalue weighted by Gasteiger charge is -2.08. The highest BCUT2D eigenvalue weighted by molar-refractivity contribution is 5.34. The number of rotatable bonds is 8. The Bertz CT molecular complexity index is 427. The van der Waals surface area contributed by atoms with E-state index < -0.39 is 5.82 Å². The van der Waals surface area contributed by atoms with Crippen LogP contribution in [0.15, 0.2) is 18.2 Å². The number of halogens is 1. The maximum Gasteiger partial charge on any atom is 0.140 e. The smallest absolute Gasteiger partial charge is 0.140 e. The van der Waals surface area contributed by atoms with E-state index in [4.69, 9.17) is 10.00 Å². The lowest BCUT2D eigenvalue weighted by atomic mass is 10.1. The Kier molecular flexibility index (Phi) is 7.09. The van der Waals surface area contributed by atoms with Gasteiger partial charge >= 0.3 is 0 Å². The van der Waals surface area contributed by atoms with Crippen LogP contribution in [0.25, 0.3) is 0 Å². The zero-order valence-electron chi connectivity index (χ0n) is 11.6. The molecule has 0 aliphatic rings. The van der Waals surface area contributed by atoms with Crippen LogP contribution in [0.2, 0.25) is 0 Å². The molecule has 0 aromatic heterocycles. The van der Waals surface area contributed by atoms with E-state index in [1.54, 1.807) is 12.1 Å². The second-order valence-electron chi connectivity index (χ2n) is 4.93. The molecule has 0 fully saturated rings. The number of nitrogens with zero attached hydrogens (tertiary/aromatic N) is 1. The van der Waals surface area contributed by atoms with E-state index >= 15 is 0 Å². The topological polar surface area (TPSA) is 45.0 Å². The van der Waals surface area contributed by atoms with Gasteiger partial charge in [0, 0.05) is 19.8 Å². The zero-order chi connectivity index (χ0) is 14.1. The monoisotopic (exact) mass is 264 g/mol.